The second-order valence-electron chi connectivity index (χ2n) is 7.09. The van der Waals surface area contributed by atoms with Crippen molar-refractivity contribution in [2.24, 2.45) is 0 Å². The molecule has 0 saturated carbocycles. The van der Waals surface area contributed by atoms with E-state index >= 15 is 0 Å². The van der Waals surface area contributed by atoms with E-state index in [1.807, 2.05) is 18.2 Å². The molecule has 0 spiro atoms. The molecule has 5 heteroatoms. The quantitative estimate of drug-likeness (QED) is 0.801. The number of carbonyl (C=O) groups is 1. The molecule has 1 aliphatic heterocycles. The third kappa shape index (κ3) is 3.30. The van der Waals surface area contributed by atoms with E-state index in [0.717, 1.165) is 17.0 Å². The zero-order valence-corrected chi connectivity index (χ0v) is 14.8. The fourth-order valence-corrected chi connectivity index (χ4v) is 2.85. The average Bonchev–Trinajstić information content (AvgIpc) is 2.39. The van der Waals surface area contributed by atoms with Crippen LogP contribution in [-0.2, 0) is 15.8 Å². The van der Waals surface area contributed by atoms with Crippen LogP contribution in [0.25, 0.3) is 0 Å². The monoisotopic (exact) mass is 307 g/mol. The van der Waals surface area contributed by atoms with E-state index in [0.29, 0.717) is 6.61 Å². The first-order valence-electron chi connectivity index (χ1n) is 7.28. The summed E-state index contributed by atoms with van der Waals surface area (Å²) in [6.07, 6.45) is 0. The van der Waals surface area contributed by atoms with Crippen molar-refractivity contribution in [1.29, 1.82) is 0 Å². The highest BCUT2D eigenvalue weighted by Gasteiger charge is 2.37. The van der Waals surface area contributed by atoms with Gasteiger partial charge in [-0.1, -0.05) is 26.8 Å². The number of anilines is 1. The lowest BCUT2D eigenvalue weighted by molar-refractivity contribution is -0.120. The van der Waals surface area contributed by atoms with Gasteiger partial charge in [-0.25, -0.2) is 0 Å². The van der Waals surface area contributed by atoms with Gasteiger partial charge in [0.2, 0.25) is 0 Å². The van der Waals surface area contributed by atoms with Crippen molar-refractivity contribution in [3.8, 4) is 5.75 Å². The van der Waals surface area contributed by atoms with Gasteiger partial charge in [0.15, 0.2) is 14.9 Å². The zero-order valence-electron chi connectivity index (χ0n) is 13.8. The third-order valence-electron chi connectivity index (χ3n) is 4.52. The Kier molecular flexibility index (Phi) is 4.17. The van der Waals surface area contributed by atoms with Crippen molar-refractivity contribution in [2.75, 3.05) is 18.6 Å². The van der Waals surface area contributed by atoms with E-state index < -0.39 is 8.32 Å². The normalized spacial score (nSPS) is 15.7. The number of carbonyl (C=O) groups excluding carboxylic acids is 1. The fraction of sp³-hybridized carbons (Fsp3) is 0.562. The number of benzene rings is 1. The summed E-state index contributed by atoms with van der Waals surface area (Å²) >= 11 is 0. The number of amides is 1. The van der Waals surface area contributed by atoms with Crippen LogP contribution in [-0.4, -0.2) is 27.9 Å². The van der Waals surface area contributed by atoms with Crippen molar-refractivity contribution in [3.05, 3.63) is 23.8 Å². The predicted molar refractivity (Wildman–Crippen MR) is 87.3 cm³/mol. The van der Waals surface area contributed by atoms with Gasteiger partial charge in [0, 0.05) is 7.05 Å². The fourth-order valence-electron chi connectivity index (χ4n) is 1.89. The zero-order chi connectivity index (χ0) is 15.8. The molecule has 0 unspecified atom stereocenters. The molecule has 1 aliphatic rings. The maximum Gasteiger partial charge on any atom is 0.264 e. The van der Waals surface area contributed by atoms with Gasteiger partial charge < -0.3 is 14.1 Å². The molecule has 116 valence electrons. The van der Waals surface area contributed by atoms with Crippen LogP contribution >= 0.6 is 0 Å². The summed E-state index contributed by atoms with van der Waals surface area (Å²) in [7, 11) is 0.0203. The van der Waals surface area contributed by atoms with E-state index in [2.05, 4.69) is 33.9 Å². The third-order valence-corrected chi connectivity index (χ3v) is 9.00. The standard InChI is InChI=1S/C16H25NO3Si/c1-16(2,3)21(5,6)20-10-12-7-8-13-14(9-12)19-11-15(18)17(13)4/h7-9H,10-11H2,1-6H3. The molecule has 1 amide bonds. The summed E-state index contributed by atoms with van der Waals surface area (Å²) in [5, 5.41) is 0.199. The van der Waals surface area contributed by atoms with Crippen molar-refractivity contribution < 1.29 is 14.0 Å². The first-order chi connectivity index (χ1) is 9.62. The highest BCUT2D eigenvalue weighted by atomic mass is 28.4. The Labute approximate surface area is 128 Å². The maximum atomic E-state index is 11.6. The number of fused-ring (bicyclic) bond motifs is 1. The average molecular weight is 307 g/mol. The minimum absolute atomic E-state index is 0.0206. The molecule has 0 bridgehead atoms. The second kappa shape index (κ2) is 5.46. The first kappa shape index (κ1) is 16.0. The molecule has 0 radical (unpaired) electrons. The maximum absolute atomic E-state index is 11.6. The van der Waals surface area contributed by atoms with E-state index in [1.165, 1.54) is 0 Å². The number of nitrogens with zero attached hydrogens (tertiary/aromatic N) is 1. The number of hydrogen-bond acceptors (Lipinski definition) is 3. The second-order valence-corrected chi connectivity index (χ2v) is 11.9. The van der Waals surface area contributed by atoms with E-state index in [-0.39, 0.29) is 17.6 Å². The summed E-state index contributed by atoms with van der Waals surface area (Å²) < 4.78 is 11.7. The molecule has 1 heterocycles. The summed E-state index contributed by atoms with van der Waals surface area (Å²) in [4.78, 5) is 13.2. The van der Waals surface area contributed by atoms with Crippen molar-refractivity contribution in [3.63, 3.8) is 0 Å². The molecule has 2 rings (SSSR count). The van der Waals surface area contributed by atoms with Gasteiger partial charge in [-0.2, -0.15) is 0 Å². The minimum atomic E-state index is -1.75. The van der Waals surface area contributed by atoms with Crippen LogP contribution in [0.1, 0.15) is 26.3 Å². The van der Waals surface area contributed by atoms with Crippen molar-refractivity contribution in [2.45, 2.75) is 45.5 Å². The van der Waals surface area contributed by atoms with Gasteiger partial charge in [0.05, 0.1) is 12.3 Å². The van der Waals surface area contributed by atoms with E-state index in [9.17, 15) is 4.79 Å². The van der Waals surface area contributed by atoms with Crippen LogP contribution in [0, 0.1) is 0 Å². The molecule has 21 heavy (non-hydrogen) atoms. The minimum Gasteiger partial charge on any atom is -0.482 e. The molecular formula is C16H25NO3Si. The Balaban J connectivity index is 2.12. The molecule has 0 aliphatic carbocycles. The molecule has 0 aromatic heterocycles. The molecular weight excluding hydrogens is 282 g/mol. The van der Waals surface area contributed by atoms with Crippen LogP contribution in [0.2, 0.25) is 18.1 Å². The SMILES string of the molecule is CN1C(=O)COc2cc(CO[Si](C)(C)C(C)(C)C)ccc21. The van der Waals surface area contributed by atoms with Crippen molar-refractivity contribution >= 4 is 19.9 Å². The Morgan fingerprint density at radius 3 is 2.62 bits per heavy atom. The highest BCUT2D eigenvalue weighted by molar-refractivity contribution is 6.74. The predicted octanol–water partition coefficient (Wildman–Crippen LogP) is 3.56. The molecule has 0 saturated heterocycles. The Bertz CT molecular complexity index is 549. The number of likely N-dealkylation sites (N-methyl/N-ethyl adjacent to an activating group) is 1. The summed E-state index contributed by atoms with van der Waals surface area (Å²) in [6.45, 7) is 11.9. The summed E-state index contributed by atoms with van der Waals surface area (Å²) in [6, 6.07) is 5.91. The lowest BCUT2D eigenvalue weighted by Gasteiger charge is -2.36. The highest BCUT2D eigenvalue weighted by Crippen LogP contribution is 2.38. The summed E-state index contributed by atoms with van der Waals surface area (Å²) in [5.74, 6) is 0.737. The van der Waals surface area contributed by atoms with Gasteiger partial charge >= 0.3 is 0 Å². The van der Waals surface area contributed by atoms with Crippen LogP contribution in [0.5, 0.6) is 5.75 Å². The Morgan fingerprint density at radius 2 is 2.00 bits per heavy atom. The topological polar surface area (TPSA) is 38.8 Å². The molecule has 1 aromatic carbocycles. The van der Waals surface area contributed by atoms with Gasteiger partial charge in [-0.3, -0.25) is 4.79 Å². The van der Waals surface area contributed by atoms with E-state index in [4.69, 9.17) is 9.16 Å². The van der Waals surface area contributed by atoms with Gasteiger partial charge in [0.1, 0.15) is 5.75 Å². The Hall–Kier alpha value is -1.33. The molecule has 0 fully saturated rings. The lowest BCUT2D eigenvalue weighted by Crippen LogP contribution is -2.40. The Morgan fingerprint density at radius 1 is 1.33 bits per heavy atom. The number of rotatable bonds is 3. The first-order valence-corrected chi connectivity index (χ1v) is 10.2. The summed E-state index contributed by atoms with van der Waals surface area (Å²) in [5.41, 5.74) is 1.91. The van der Waals surface area contributed by atoms with Crippen LogP contribution < -0.4 is 9.64 Å². The van der Waals surface area contributed by atoms with Crippen LogP contribution in [0.3, 0.4) is 0 Å². The molecule has 0 N–H and O–H groups in total. The molecule has 4 nitrogen and oxygen atoms in total. The largest absolute Gasteiger partial charge is 0.482 e. The van der Waals surface area contributed by atoms with Gasteiger partial charge in [-0.15, -0.1) is 0 Å². The van der Waals surface area contributed by atoms with Crippen LogP contribution in [0.15, 0.2) is 18.2 Å². The van der Waals surface area contributed by atoms with Crippen molar-refractivity contribution in [1.82, 2.24) is 0 Å². The molecule has 0 atom stereocenters. The lowest BCUT2D eigenvalue weighted by atomic mass is 10.1. The van der Waals surface area contributed by atoms with Gasteiger partial charge in [-0.05, 0) is 35.8 Å². The number of hydrogen-bond donors (Lipinski definition) is 0. The number of ether oxygens (including phenoxy) is 1. The van der Waals surface area contributed by atoms with E-state index in [1.54, 1.807) is 11.9 Å². The van der Waals surface area contributed by atoms with Gasteiger partial charge in [0.25, 0.3) is 5.91 Å². The molecule has 1 aromatic rings. The smallest absolute Gasteiger partial charge is 0.264 e. The van der Waals surface area contributed by atoms with Crippen LogP contribution in [0.4, 0.5) is 5.69 Å².